The van der Waals surface area contributed by atoms with Gasteiger partial charge in [-0.25, -0.2) is 9.18 Å². The van der Waals surface area contributed by atoms with Gasteiger partial charge in [0.15, 0.2) is 0 Å². The monoisotopic (exact) mass is 460 g/mol. The molecule has 3 aromatic rings. The van der Waals surface area contributed by atoms with Gasteiger partial charge in [0.2, 0.25) is 5.91 Å². The summed E-state index contributed by atoms with van der Waals surface area (Å²) in [6.45, 7) is 3.32. The number of anilines is 2. The zero-order chi connectivity index (χ0) is 24.2. The fourth-order valence-electron chi connectivity index (χ4n) is 4.44. The first-order valence-electron chi connectivity index (χ1n) is 11.1. The largest absolute Gasteiger partial charge is 0.464 e. The van der Waals surface area contributed by atoms with Gasteiger partial charge in [-0.2, -0.15) is 0 Å². The van der Waals surface area contributed by atoms with Crippen molar-refractivity contribution in [3.05, 3.63) is 95.8 Å². The van der Waals surface area contributed by atoms with E-state index in [2.05, 4.69) is 0 Å². The molecule has 4 rings (SSSR count). The van der Waals surface area contributed by atoms with Crippen molar-refractivity contribution < 1.29 is 23.5 Å². The summed E-state index contributed by atoms with van der Waals surface area (Å²) >= 11 is 0. The maximum atomic E-state index is 13.6. The molecule has 34 heavy (non-hydrogen) atoms. The number of rotatable bonds is 5. The van der Waals surface area contributed by atoms with Gasteiger partial charge in [0.1, 0.15) is 11.9 Å². The third-order valence-electron chi connectivity index (χ3n) is 5.87. The number of esters is 1. The molecule has 0 aliphatic carbocycles. The summed E-state index contributed by atoms with van der Waals surface area (Å²) in [7, 11) is 0. The Labute approximate surface area is 197 Å². The van der Waals surface area contributed by atoms with Crippen LogP contribution >= 0.6 is 0 Å². The second-order valence-electron chi connectivity index (χ2n) is 7.98. The Kier molecular flexibility index (Phi) is 6.72. The van der Waals surface area contributed by atoms with E-state index >= 15 is 0 Å². The summed E-state index contributed by atoms with van der Waals surface area (Å²) < 4.78 is 18.8. The van der Waals surface area contributed by atoms with Crippen LogP contribution in [0.4, 0.5) is 15.8 Å². The fourth-order valence-corrected chi connectivity index (χ4v) is 4.44. The lowest BCUT2D eigenvalue weighted by molar-refractivity contribution is -0.145. The SMILES string of the molecule is CCOC(=O)[C@@H]1C[C@H](N(C(C)=O)c2ccccc2)c2ccccc2N1C(=O)c1ccc(F)cc1. The van der Waals surface area contributed by atoms with Gasteiger partial charge in [0.05, 0.1) is 18.3 Å². The van der Waals surface area contributed by atoms with Gasteiger partial charge in [-0.05, 0) is 55.0 Å². The first kappa shape index (κ1) is 23.2. The van der Waals surface area contributed by atoms with Crippen molar-refractivity contribution in [2.45, 2.75) is 32.4 Å². The van der Waals surface area contributed by atoms with Crippen molar-refractivity contribution in [3.8, 4) is 0 Å². The predicted octanol–water partition coefficient (Wildman–Crippen LogP) is 4.90. The smallest absolute Gasteiger partial charge is 0.329 e. The van der Waals surface area contributed by atoms with Crippen LogP contribution in [0.15, 0.2) is 78.9 Å². The van der Waals surface area contributed by atoms with Crippen LogP contribution in [0.2, 0.25) is 0 Å². The summed E-state index contributed by atoms with van der Waals surface area (Å²) in [4.78, 5) is 42.6. The maximum Gasteiger partial charge on any atom is 0.329 e. The Balaban J connectivity index is 1.86. The van der Waals surface area contributed by atoms with E-state index in [1.165, 1.54) is 36.1 Å². The molecule has 0 aromatic heterocycles. The third-order valence-corrected chi connectivity index (χ3v) is 5.87. The number of ether oxygens (including phenoxy) is 1. The number of carbonyl (C=O) groups excluding carboxylic acids is 3. The predicted molar refractivity (Wildman–Crippen MR) is 127 cm³/mol. The molecule has 0 N–H and O–H groups in total. The van der Waals surface area contributed by atoms with Crippen LogP contribution in [-0.4, -0.2) is 30.4 Å². The van der Waals surface area contributed by atoms with E-state index in [0.29, 0.717) is 11.4 Å². The zero-order valence-electron chi connectivity index (χ0n) is 19.0. The molecule has 3 aromatic carbocycles. The van der Waals surface area contributed by atoms with Gasteiger partial charge >= 0.3 is 5.97 Å². The average molecular weight is 461 g/mol. The van der Waals surface area contributed by atoms with Crippen molar-refractivity contribution in [1.82, 2.24) is 0 Å². The van der Waals surface area contributed by atoms with Crippen LogP contribution in [0.3, 0.4) is 0 Å². The number of para-hydroxylation sites is 2. The number of carbonyl (C=O) groups is 3. The molecular weight excluding hydrogens is 435 g/mol. The maximum absolute atomic E-state index is 13.6. The molecule has 1 aliphatic heterocycles. The van der Waals surface area contributed by atoms with E-state index in [9.17, 15) is 18.8 Å². The number of amides is 2. The molecule has 6 nitrogen and oxygen atoms in total. The number of hydrogen-bond donors (Lipinski definition) is 0. The van der Waals surface area contributed by atoms with E-state index in [0.717, 1.165) is 5.56 Å². The molecule has 1 heterocycles. The topological polar surface area (TPSA) is 66.9 Å². The quantitative estimate of drug-likeness (QED) is 0.508. The van der Waals surface area contributed by atoms with E-state index in [1.807, 2.05) is 42.5 Å². The molecule has 0 unspecified atom stereocenters. The van der Waals surface area contributed by atoms with Crippen molar-refractivity contribution in [3.63, 3.8) is 0 Å². The van der Waals surface area contributed by atoms with Gasteiger partial charge in [-0.1, -0.05) is 36.4 Å². The number of halogens is 1. The summed E-state index contributed by atoms with van der Waals surface area (Å²) in [5.74, 6) is -1.66. The zero-order valence-corrected chi connectivity index (χ0v) is 19.0. The molecular formula is C27H25FN2O4. The minimum atomic E-state index is -0.969. The molecule has 2 amide bonds. The fraction of sp³-hybridized carbons (Fsp3) is 0.222. The number of nitrogens with zero attached hydrogens (tertiary/aromatic N) is 2. The normalized spacial score (nSPS) is 17.0. The Hall–Kier alpha value is -4.00. The van der Waals surface area contributed by atoms with Crippen LogP contribution in [-0.2, 0) is 14.3 Å². The lowest BCUT2D eigenvalue weighted by atomic mass is 9.88. The molecule has 0 fully saturated rings. The van der Waals surface area contributed by atoms with Gasteiger partial charge in [-0.15, -0.1) is 0 Å². The van der Waals surface area contributed by atoms with Crippen LogP contribution in [0, 0.1) is 5.82 Å². The van der Waals surface area contributed by atoms with Crippen molar-refractivity contribution in [2.75, 3.05) is 16.4 Å². The molecule has 2 atom stereocenters. The molecule has 0 spiro atoms. The lowest BCUT2D eigenvalue weighted by Gasteiger charge is -2.43. The summed E-state index contributed by atoms with van der Waals surface area (Å²) in [5, 5.41) is 0. The Morgan fingerprint density at radius 1 is 0.971 bits per heavy atom. The van der Waals surface area contributed by atoms with E-state index in [1.54, 1.807) is 24.0 Å². The Bertz CT molecular complexity index is 1200. The lowest BCUT2D eigenvalue weighted by Crippen LogP contribution is -2.52. The van der Waals surface area contributed by atoms with Crippen molar-refractivity contribution in [1.29, 1.82) is 0 Å². The summed E-state index contributed by atoms with van der Waals surface area (Å²) in [6, 6.07) is 20.1. The highest BCUT2D eigenvalue weighted by Gasteiger charge is 2.43. The molecule has 7 heteroatoms. The van der Waals surface area contributed by atoms with Gasteiger partial charge in [-0.3, -0.25) is 14.5 Å². The molecule has 0 saturated carbocycles. The highest BCUT2D eigenvalue weighted by molar-refractivity contribution is 6.10. The third kappa shape index (κ3) is 4.41. The van der Waals surface area contributed by atoms with E-state index < -0.39 is 29.8 Å². The highest BCUT2D eigenvalue weighted by atomic mass is 19.1. The second-order valence-corrected chi connectivity index (χ2v) is 7.98. The molecule has 1 aliphatic rings. The molecule has 0 bridgehead atoms. The number of benzene rings is 3. The van der Waals surface area contributed by atoms with E-state index in [4.69, 9.17) is 4.74 Å². The van der Waals surface area contributed by atoms with Gasteiger partial charge in [0.25, 0.3) is 5.91 Å². The van der Waals surface area contributed by atoms with Crippen LogP contribution < -0.4 is 9.80 Å². The molecule has 0 radical (unpaired) electrons. The first-order valence-corrected chi connectivity index (χ1v) is 11.1. The molecule has 174 valence electrons. The van der Waals surface area contributed by atoms with E-state index in [-0.39, 0.29) is 24.5 Å². The Morgan fingerprint density at radius 3 is 2.26 bits per heavy atom. The second kappa shape index (κ2) is 9.87. The average Bonchev–Trinajstić information content (AvgIpc) is 2.84. The van der Waals surface area contributed by atoms with Crippen molar-refractivity contribution in [2.24, 2.45) is 0 Å². The number of fused-ring (bicyclic) bond motifs is 1. The number of hydrogen-bond acceptors (Lipinski definition) is 4. The summed E-state index contributed by atoms with van der Waals surface area (Å²) in [5.41, 5.74) is 2.18. The first-order chi connectivity index (χ1) is 16.4. The van der Waals surface area contributed by atoms with Gasteiger partial charge < -0.3 is 9.64 Å². The van der Waals surface area contributed by atoms with Crippen molar-refractivity contribution >= 4 is 29.2 Å². The van der Waals surface area contributed by atoms with Crippen LogP contribution in [0.1, 0.15) is 42.2 Å². The minimum absolute atomic E-state index is 0.148. The highest BCUT2D eigenvalue weighted by Crippen LogP contribution is 2.43. The van der Waals surface area contributed by atoms with Crippen LogP contribution in [0.5, 0.6) is 0 Å². The Morgan fingerprint density at radius 2 is 1.62 bits per heavy atom. The summed E-state index contributed by atoms with van der Waals surface area (Å²) in [6.07, 6.45) is 0.150. The minimum Gasteiger partial charge on any atom is -0.464 e. The van der Waals surface area contributed by atoms with Gasteiger partial charge in [0, 0.05) is 24.6 Å². The standard InChI is InChI=1S/C27H25FN2O4/c1-3-34-27(33)25-17-24(29(18(2)31)21-9-5-4-6-10-21)22-11-7-8-12-23(22)30(25)26(32)19-13-15-20(28)16-14-19/h4-16,24-25H,3,17H2,1-2H3/t24-,25-/m0/s1. The molecule has 0 saturated heterocycles. The van der Waals surface area contributed by atoms with Crippen LogP contribution in [0.25, 0.3) is 0 Å².